The van der Waals surface area contributed by atoms with Crippen molar-refractivity contribution in [2.24, 2.45) is 5.73 Å². The summed E-state index contributed by atoms with van der Waals surface area (Å²) in [7, 11) is 0. The fourth-order valence-electron chi connectivity index (χ4n) is 2.13. The molecule has 0 fully saturated rings. The van der Waals surface area contributed by atoms with Crippen LogP contribution in [0.2, 0.25) is 0 Å². The van der Waals surface area contributed by atoms with E-state index in [-0.39, 0.29) is 30.2 Å². The second kappa shape index (κ2) is 9.17. The van der Waals surface area contributed by atoms with Gasteiger partial charge in [-0.25, -0.2) is 4.39 Å². The maximum atomic E-state index is 12.9. The van der Waals surface area contributed by atoms with Gasteiger partial charge in [0, 0.05) is 4.47 Å². The van der Waals surface area contributed by atoms with Gasteiger partial charge in [0.15, 0.2) is 0 Å². The molecule has 2 rings (SSSR count). The van der Waals surface area contributed by atoms with Crippen molar-refractivity contribution in [3.63, 3.8) is 0 Å². The van der Waals surface area contributed by atoms with Crippen LogP contribution in [0.4, 0.5) is 4.39 Å². The Labute approximate surface area is 161 Å². The second-order valence-electron chi connectivity index (χ2n) is 5.80. The number of hydrogen-bond donors (Lipinski definition) is 2. The van der Waals surface area contributed by atoms with E-state index in [1.807, 2.05) is 31.2 Å². The predicted molar refractivity (Wildman–Crippen MR) is 102 cm³/mol. The van der Waals surface area contributed by atoms with Crippen molar-refractivity contribution in [2.45, 2.75) is 25.5 Å². The molecule has 0 aromatic heterocycles. The van der Waals surface area contributed by atoms with Gasteiger partial charge in [-0.1, -0.05) is 28.1 Å². The highest BCUT2D eigenvalue weighted by Crippen LogP contribution is 2.20. The average molecular weight is 432 g/mol. The molecule has 0 heterocycles. The van der Waals surface area contributed by atoms with E-state index < -0.39 is 5.54 Å². The van der Waals surface area contributed by atoms with Crippen LogP contribution >= 0.6 is 28.3 Å². The number of amides is 1. The molecular formula is C18H21BrClFN2O2. The molecule has 1 amide bonds. The summed E-state index contributed by atoms with van der Waals surface area (Å²) in [6, 6.07) is 13.0. The molecule has 4 nitrogen and oxygen atoms in total. The van der Waals surface area contributed by atoms with Gasteiger partial charge in [0.2, 0.25) is 5.91 Å². The van der Waals surface area contributed by atoms with Gasteiger partial charge < -0.3 is 15.8 Å². The topological polar surface area (TPSA) is 64.4 Å². The number of nitrogens with two attached hydrogens (primary N) is 1. The van der Waals surface area contributed by atoms with Crippen LogP contribution < -0.4 is 15.8 Å². The molecule has 2 unspecified atom stereocenters. The number of carbonyl (C=O) groups is 1. The van der Waals surface area contributed by atoms with Crippen LogP contribution in [0.1, 0.15) is 19.4 Å². The molecule has 0 saturated carbocycles. The summed E-state index contributed by atoms with van der Waals surface area (Å²) in [5, 5.41) is 2.79. The van der Waals surface area contributed by atoms with Crippen LogP contribution in [0.5, 0.6) is 5.75 Å². The Morgan fingerprint density at radius 1 is 1.24 bits per heavy atom. The van der Waals surface area contributed by atoms with Crippen LogP contribution in [0.25, 0.3) is 0 Å². The molecular weight excluding hydrogens is 411 g/mol. The van der Waals surface area contributed by atoms with E-state index in [0.717, 1.165) is 10.0 Å². The number of carbonyl (C=O) groups excluding carboxylic acids is 1. The highest BCUT2D eigenvalue weighted by molar-refractivity contribution is 9.10. The van der Waals surface area contributed by atoms with Gasteiger partial charge in [-0.2, -0.15) is 0 Å². The zero-order valence-electron chi connectivity index (χ0n) is 14.0. The summed E-state index contributed by atoms with van der Waals surface area (Å²) in [5.41, 5.74) is 5.75. The fourth-order valence-corrected chi connectivity index (χ4v) is 2.40. The molecule has 2 aromatic carbocycles. The van der Waals surface area contributed by atoms with Gasteiger partial charge in [-0.05, 0) is 55.8 Å². The molecule has 0 saturated heterocycles. The Morgan fingerprint density at radius 2 is 1.80 bits per heavy atom. The smallest absolute Gasteiger partial charge is 0.244 e. The third-order valence-corrected chi connectivity index (χ3v) is 4.15. The van der Waals surface area contributed by atoms with Gasteiger partial charge in [-0.15, -0.1) is 12.4 Å². The molecule has 2 atom stereocenters. The van der Waals surface area contributed by atoms with E-state index in [2.05, 4.69) is 21.2 Å². The minimum absolute atomic E-state index is 0. The first-order valence-electron chi connectivity index (χ1n) is 7.54. The lowest BCUT2D eigenvalue weighted by atomic mass is 9.92. The number of rotatable bonds is 6. The van der Waals surface area contributed by atoms with Crippen molar-refractivity contribution < 1.29 is 13.9 Å². The highest BCUT2D eigenvalue weighted by atomic mass is 79.9. The number of hydrogen-bond acceptors (Lipinski definition) is 3. The van der Waals surface area contributed by atoms with E-state index in [1.165, 1.54) is 12.1 Å². The van der Waals surface area contributed by atoms with E-state index in [4.69, 9.17) is 10.5 Å². The maximum absolute atomic E-state index is 12.9. The van der Waals surface area contributed by atoms with Crippen molar-refractivity contribution >= 4 is 34.2 Å². The SMILES string of the molecule is CC(CNC(=O)C(C)(N)c1ccc(Br)cc1)Oc1ccc(F)cc1.Cl. The Balaban J connectivity index is 0.00000312. The highest BCUT2D eigenvalue weighted by Gasteiger charge is 2.30. The summed E-state index contributed by atoms with van der Waals surface area (Å²) < 4.78 is 19.4. The molecule has 136 valence electrons. The van der Waals surface area contributed by atoms with Gasteiger partial charge in [0.05, 0.1) is 6.54 Å². The summed E-state index contributed by atoms with van der Waals surface area (Å²) in [6.07, 6.45) is -0.278. The largest absolute Gasteiger partial charge is 0.489 e. The average Bonchev–Trinajstić information content (AvgIpc) is 2.55. The molecule has 2 aromatic rings. The molecule has 0 aliphatic carbocycles. The van der Waals surface area contributed by atoms with Crippen LogP contribution in [0.15, 0.2) is 53.0 Å². The first kappa shape index (κ1) is 21.4. The second-order valence-corrected chi connectivity index (χ2v) is 6.72. The van der Waals surface area contributed by atoms with Crippen molar-refractivity contribution in [1.82, 2.24) is 5.32 Å². The molecule has 0 spiro atoms. The van der Waals surface area contributed by atoms with Crippen LogP contribution in [-0.2, 0) is 10.3 Å². The Hall–Kier alpha value is -1.63. The van der Waals surface area contributed by atoms with Gasteiger partial charge in [0.25, 0.3) is 0 Å². The van der Waals surface area contributed by atoms with Gasteiger partial charge in [-0.3, -0.25) is 4.79 Å². The summed E-state index contributed by atoms with van der Waals surface area (Å²) >= 11 is 3.35. The van der Waals surface area contributed by atoms with E-state index in [0.29, 0.717) is 12.3 Å². The Kier molecular flexibility index (Phi) is 7.86. The van der Waals surface area contributed by atoms with Crippen molar-refractivity contribution in [3.05, 3.63) is 64.4 Å². The maximum Gasteiger partial charge on any atom is 0.244 e. The lowest BCUT2D eigenvalue weighted by Gasteiger charge is -2.25. The van der Waals surface area contributed by atoms with Crippen molar-refractivity contribution in [1.29, 1.82) is 0 Å². The lowest BCUT2D eigenvalue weighted by molar-refractivity contribution is -0.126. The first-order valence-corrected chi connectivity index (χ1v) is 8.34. The fraction of sp³-hybridized carbons (Fsp3) is 0.278. The van der Waals surface area contributed by atoms with Crippen molar-refractivity contribution in [2.75, 3.05) is 6.54 Å². The summed E-state index contributed by atoms with van der Waals surface area (Å²) in [4.78, 5) is 12.4. The van der Waals surface area contributed by atoms with Gasteiger partial charge >= 0.3 is 0 Å². The number of halogens is 3. The predicted octanol–water partition coefficient (Wildman–Crippen LogP) is 3.77. The molecule has 0 bridgehead atoms. The monoisotopic (exact) mass is 430 g/mol. The Morgan fingerprint density at radius 3 is 2.36 bits per heavy atom. The van der Waals surface area contributed by atoms with Gasteiger partial charge in [0.1, 0.15) is 23.2 Å². The number of ether oxygens (including phenoxy) is 1. The van der Waals surface area contributed by atoms with Crippen molar-refractivity contribution in [3.8, 4) is 5.75 Å². The first-order chi connectivity index (χ1) is 11.3. The van der Waals surface area contributed by atoms with E-state index in [9.17, 15) is 9.18 Å². The van der Waals surface area contributed by atoms with E-state index >= 15 is 0 Å². The zero-order valence-corrected chi connectivity index (χ0v) is 16.4. The van der Waals surface area contributed by atoms with Crippen LogP contribution in [0.3, 0.4) is 0 Å². The minimum Gasteiger partial charge on any atom is -0.489 e. The summed E-state index contributed by atoms with van der Waals surface area (Å²) in [5.74, 6) is -0.0716. The third-order valence-electron chi connectivity index (χ3n) is 3.62. The summed E-state index contributed by atoms with van der Waals surface area (Å²) in [6.45, 7) is 3.77. The quantitative estimate of drug-likeness (QED) is 0.732. The molecule has 3 N–H and O–H groups in total. The molecule has 0 radical (unpaired) electrons. The molecule has 25 heavy (non-hydrogen) atoms. The lowest BCUT2D eigenvalue weighted by Crippen LogP contribution is -2.50. The zero-order chi connectivity index (χ0) is 17.7. The third kappa shape index (κ3) is 5.99. The molecule has 0 aliphatic rings. The number of benzene rings is 2. The Bertz CT molecular complexity index is 693. The standard InChI is InChI=1S/C18H20BrFN2O2.ClH/c1-12(24-16-9-7-15(20)8-10-16)11-22-17(23)18(2,21)13-3-5-14(19)6-4-13;/h3-10,12H,11,21H2,1-2H3,(H,22,23);1H. The molecule has 7 heteroatoms. The van der Waals surface area contributed by atoms with E-state index in [1.54, 1.807) is 19.1 Å². The number of nitrogens with one attached hydrogen (secondary N) is 1. The molecule has 0 aliphatic heterocycles. The van der Waals surface area contributed by atoms with Crippen LogP contribution in [-0.4, -0.2) is 18.6 Å². The van der Waals surface area contributed by atoms with Crippen LogP contribution in [0, 0.1) is 5.82 Å². The minimum atomic E-state index is -1.14. The normalized spacial score (nSPS) is 14.0.